The molecule has 8 nitrogen and oxygen atoms in total. The van der Waals surface area contributed by atoms with Gasteiger partial charge in [-0.1, -0.05) is 18.2 Å². The lowest BCUT2D eigenvalue weighted by atomic mass is 10.2. The lowest BCUT2D eigenvalue weighted by molar-refractivity contribution is -0.122. The topological polar surface area (TPSA) is 99.0 Å². The van der Waals surface area contributed by atoms with Gasteiger partial charge in [-0.2, -0.15) is 0 Å². The standard InChI is InChI=1S/C23H19N3O5S/c1-15(31-19-5-3-2-4-6-19)21(28)24-17-9-7-16(8-10-17)22(29)30-14-18-13-20(27)26-11-12-32-23(26)25-18/h2-13,15H,14H2,1H3,(H,24,28)/t15-/m1/s1. The molecule has 0 aliphatic rings. The fourth-order valence-electron chi connectivity index (χ4n) is 2.87. The van der Waals surface area contributed by atoms with Gasteiger partial charge in [0.05, 0.1) is 11.3 Å². The van der Waals surface area contributed by atoms with Crippen molar-refractivity contribution in [3.63, 3.8) is 0 Å². The van der Waals surface area contributed by atoms with E-state index in [0.29, 0.717) is 27.7 Å². The smallest absolute Gasteiger partial charge is 0.338 e. The number of para-hydroxylation sites is 1. The highest BCUT2D eigenvalue weighted by Crippen LogP contribution is 2.15. The minimum atomic E-state index is -0.695. The molecule has 162 valence electrons. The van der Waals surface area contributed by atoms with Gasteiger partial charge in [0.25, 0.3) is 11.5 Å². The van der Waals surface area contributed by atoms with Crippen LogP contribution in [0, 0.1) is 0 Å². The Hall–Kier alpha value is -3.98. The van der Waals surface area contributed by atoms with Crippen LogP contribution in [0.1, 0.15) is 23.0 Å². The van der Waals surface area contributed by atoms with Crippen LogP contribution in [0.25, 0.3) is 4.96 Å². The van der Waals surface area contributed by atoms with Gasteiger partial charge in [-0.3, -0.25) is 14.0 Å². The summed E-state index contributed by atoms with van der Waals surface area (Å²) in [4.78, 5) is 41.5. The number of carbonyl (C=O) groups excluding carboxylic acids is 2. The highest BCUT2D eigenvalue weighted by molar-refractivity contribution is 7.15. The van der Waals surface area contributed by atoms with Gasteiger partial charge in [0.2, 0.25) is 0 Å². The zero-order valence-electron chi connectivity index (χ0n) is 17.1. The van der Waals surface area contributed by atoms with E-state index in [2.05, 4.69) is 10.3 Å². The summed E-state index contributed by atoms with van der Waals surface area (Å²) >= 11 is 1.32. The molecule has 0 saturated heterocycles. The number of thiazole rings is 1. The molecule has 9 heteroatoms. The normalized spacial score (nSPS) is 11.7. The summed E-state index contributed by atoms with van der Waals surface area (Å²) in [7, 11) is 0. The summed E-state index contributed by atoms with van der Waals surface area (Å²) in [6.07, 6.45) is 0.944. The Bertz CT molecular complexity index is 1300. The van der Waals surface area contributed by atoms with Crippen molar-refractivity contribution in [3.8, 4) is 5.75 Å². The molecule has 0 fully saturated rings. The minimum Gasteiger partial charge on any atom is -0.481 e. The maximum absolute atomic E-state index is 12.3. The molecule has 0 unspecified atom stereocenters. The van der Waals surface area contributed by atoms with Crippen molar-refractivity contribution in [2.45, 2.75) is 19.6 Å². The van der Waals surface area contributed by atoms with Crippen molar-refractivity contribution >= 4 is 33.9 Å². The van der Waals surface area contributed by atoms with Gasteiger partial charge in [-0.05, 0) is 43.3 Å². The van der Waals surface area contributed by atoms with E-state index in [0.717, 1.165) is 0 Å². The Morgan fingerprint density at radius 2 is 1.88 bits per heavy atom. The van der Waals surface area contributed by atoms with Gasteiger partial charge in [0, 0.05) is 23.3 Å². The maximum atomic E-state index is 12.3. The van der Waals surface area contributed by atoms with E-state index >= 15 is 0 Å². The van der Waals surface area contributed by atoms with Gasteiger partial charge in [0.1, 0.15) is 12.4 Å². The van der Waals surface area contributed by atoms with Crippen molar-refractivity contribution < 1.29 is 19.1 Å². The number of nitrogens with one attached hydrogen (secondary N) is 1. The number of fused-ring (bicyclic) bond motifs is 1. The molecule has 2 heterocycles. The van der Waals surface area contributed by atoms with Crippen LogP contribution in [-0.4, -0.2) is 27.4 Å². The second-order valence-electron chi connectivity index (χ2n) is 6.86. The Labute approximate surface area is 187 Å². The van der Waals surface area contributed by atoms with E-state index in [4.69, 9.17) is 9.47 Å². The van der Waals surface area contributed by atoms with E-state index in [9.17, 15) is 14.4 Å². The number of hydrogen-bond acceptors (Lipinski definition) is 7. The first-order valence-corrected chi connectivity index (χ1v) is 10.6. The number of ether oxygens (including phenoxy) is 2. The molecule has 1 atom stereocenters. The van der Waals surface area contributed by atoms with Gasteiger partial charge >= 0.3 is 5.97 Å². The van der Waals surface area contributed by atoms with Crippen molar-refractivity contribution in [3.05, 3.63) is 93.9 Å². The number of benzene rings is 2. The third-order valence-corrected chi connectivity index (χ3v) is 5.28. The minimum absolute atomic E-state index is 0.116. The van der Waals surface area contributed by atoms with E-state index in [-0.39, 0.29) is 18.1 Å². The number of nitrogens with zero attached hydrogens (tertiary/aromatic N) is 2. The quantitative estimate of drug-likeness (QED) is 0.434. The molecule has 0 radical (unpaired) electrons. The first kappa shape index (κ1) is 21.3. The van der Waals surface area contributed by atoms with E-state index in [1.165, 1.54) is 21.8 Å². The average Bonchev–Trinajstić information content (AvgIpc) is 3.28. The summed E-state index contributed by atoms with van der Waals surface area (Å²) in [6.45, 7) is 1.54. The number of esters is 1. The van der Waals surface area contributed by atoms with Crippen molar-refractivity contribution in [2.75, 3.05) is 5.32 Å². The maximum Gasteiger partial charge on any atom is 0.338 e. The monoisotopic (exact) mass is 449 g/mol. The molecule has 0 aliphatic heterocycles. The van der Waals surface area contributed by atoms with Crippen molar-refractivity contribution in [1.82, 2.24) is 9.38 Å². The summed E-state index contributed by atoms with van der Waals surface area (Å²) in [6, 6.07) is 16.7. The molecule has 2 aromatic carbocycles. The van der Waals surface area contributed by atoms with Crippen LogP contribution in [0.2, 0.25) is 0 Å². The second-order valence-corrected chi connectivity index (χ2v) is 7.73. The summed E-state index contributed by atoms with van der Waals surface area (Å²) in [5.74, 6) is -0.272. The molecule has 4 aromatic rings. The highest BCUT2D eigenvalue weighted by Gasteiger charge is 2.15. The van der Waals surface area contributed by atoms with Gasteiger partial charge in [-0.25, -0.2) is 9.78 Å². The Kier molecular flexibility index (Phi) is 6.27. The molecule has 0 bridgehead atoms. The number of rotatable bonds is 7. The van der Waals surface area contributed by atoms with Crippen LogP contribution in [0.5, 0.6) is 5.75 Å². The molecular formula is C23H19N3O5S. The van der Waals surface area contributed by atoms with Crippen LogP contribution in [0.15, 0.2) is 77.0 Å². The van der Waals surface area contributed by atoms with Crippen LogP contribution >= 0.6 is 11.3 Å². The first-order valence-electron chi connectivity index (χ1n) is 9.75. The largest absolute Gasteiger partial charge is 0.481 e. The van der Waals surface area contributed by atoms with E-state index in [1.807, 2.05) is 18.2 Å². The zero-order valence-corrected chi connectivity index (χ0v) is 17.9. The molecule has 1 N–H and O–H groups in total. The fourth-order valence-corrected chi connectivity index (χ4v) is 3.61. The van der Waals surface area contributed by atoms with Crippen LogP contribution in [0.3, 0.4) is 0 Å². The average molecular weight is 449 g/mol. The Morgan fingerprint density at radius 1 is 1.12 bits per heavy atom. The first-order chi connectivity index (χ1) is 15.5. The van der Waals surface area contributed by atoms with Crippen molar-refractivity contribution in [1.29, 1.82) is 0 Å². The lowest BCUT2D eigenvalue weighted by Gasteiger charge is -2.14. The molecule has 1 amide bonds. The number of anilines is 1. The number of aromatic nitrogens is 2. The second kappa shape index (κ2) is 9.44. The summed E-state index contributed by atoms with van der Waals surface area (Å²) in [5, 5.41) is 4.50. The zero-order chi connectivity index (χ0) is 22.5. The molecule has 0 spiro atoms. The summed E-state index contributed by atoms with van der Waals surface area (Å²) in [5.41, 5.74) is 0.980. The number of hydrogen-bond donors (Lipinski definition) is 1. The molecule has 32 heavy (non-hydrogen) atoms. The van der Waals surface area contributed by atoms with Gasteiger partial charge in [-0.15, -0.1) is 11.3 Å². The SMILES string of the molecule is C[C@@H](Oc1ccccc1)C(=O)Nc1ccc(C(=O)OCc2cc(=O)n3ccsc3n2)cc1. The van der Waals surface area contributed by atoms with E-state index in [1.54, 1.807) is 54.9 Å². The molecule has 0 saturated carbocycles. The Balaban J connectivity index is 1.32. The van der Waals surface area contributed by atoms with Gasteiger partial charge in [0.15, 0.2) is 11.1 Å². The molecule has 4 rings (SSSR count). The molecule has 0 aliphatic carbocycles. The van der Waals surface area contributed by atoms with Gasteiger partial charge < -0.3 is 14.8 Å². The lowest BCUT2D eigenvalue weighted by Crippen LogP contribution is -2.30. The predicted molar refractivity (Wildman–Crippen MR) is 120 cm³/mol. The number of carbonyl (C=O) groups is 2. The van der Waals surface area contributed by atoms with E-state index < -0.39 is 12.1 Å². The van der Waals surface area contributed by atoms with Crippen LogP contribution in [-0.2, 0) is 16.1 Å². The van der Waals surface area contributed by atoms with Crippen molar-refractivity contribution in [2.24, 2.45) is 0 Å². The number of amides is 1. The van der Waals surface area contributed by atoms with Crippen LogP contribution in [0.4, 0.5) is 5.69 Å². The Morgan fingerprint density at radius 3 is 2.62 bits per heavy atom. The summed E-state index contributed by atoms with van der Waals surface area (Å²) < 4.78 is 12.3. The molecular weight excluding hydrogens is 430 g/mol. The highest BCUT2D eigenvalue weighted by atomic mass is 32.1. The third-order valence-electron chi connectivity index (χ3n) is 4.52. The third kappa shape index (κ3) is 5.01. The molecule has 2 aromatic heterocycles. The predicted octanol–water partition coefficient (Wildman–Crippen LogP) is 3.52. The fraction of sp³-hybridized carbons (Fsp3) is 0.130. The van der Waals surface area contributed by atoms with Crippen LogP contribution < -0.4 is 15.6 Å².